The molecule has 0 saturated carbocycles. The highest BCUT2D eigenvalue weighted by atomic mass is 32.1. The van der Waals surface area contributed by atoms with Crippen LogP contribution in [0.3, 0.4) is 0 Å². The van der Waals surface area contributed by atoms with E-state index in [9.17, 15) is 0 Å². The molecule has 0 aliphatic heterocycles. The molecule has 0 aromatic heterocycles. The van der Waals surface area contributed by atoms with Gasteiger partial charge in [-0.15, -0.1) is 12.6 Å². The maximum absolute atomic E-state index is 5.66. The van der Waals surface area contributed by atoms with Crippen molar-refractivity contribution in [2.24, 2.45) is 0 Å². The largest absolute Gasteiger partial charge is 0.399 e. The molecule has 0 spiro atoms. The van der Waals surface area contributed by atoms with Crippen molar-refractivity contribution < 1.29 is 0 Å². The average molecular weight is 215 g/mol. The highest BCUT2D eigenvalue weighted by Crippen LogP contribution is 2.27. The summed E-state index contributed by atoms with van der Waals surface area (Å²) in [5.41, 5.74) is 10.0. The Morgan fingerprint density at radius 3 is 2.33 bits per heavy atom. The van der Waals surface area contributed by atoms with Gasteiger partial charge < -0.3 is 5.73 Å². The fourth-order valence-electron chi connectivity index (χ4n) is 1.60. The molecule has 0 amide bonds. The molecule has 0 atom stereocenters. The van der Waals surface area contributed by atoms with Crippen molar-refractivity contribution in [3.63, 3.8) is 0 Å². The van der Waals surface area contributed by atoms with E-state index in [-0.39, 0.29) is 0 Å². The quantitative estimate of drug-likeness (QED) is 0.552. The van der Waals surface area contributed by atoms with Gasteiger partial charge in [-0.3, -0.25) is 0 Å². The topological polar surface area (TPSA) is 26.0 Å². The average Bonchev–Trinajstić information content (AvgIpc) is 2.24. The van der Waals surface area contributed by atoms with Crippen molar-refractivity contribution in [2.45, 2.75) is 11.8 Å². The summed E-state index contributed by atoms with van der Waals surface area (Å²) in [6, 6.07) is 14.0. The molecule has 0 heterocycles. The lowest BCUT2D eigenvalue weighted by Crippen LogP contribution is -1.87. The smallest absolute Gasteiger partial charge is 0.0314 e. The minimum atomic E-state index is 0.790. The summed E-state index contributed by atoms with van der Waals surface area (Å²) in [6.45, 7) is 2.08. The molecule has 0 radical (unpaired) electrons. The number of nitrogen functional groups attached to an aromatic ring is 1. The number of anilines is 1. The van der Waals surface area contributed by atoms with Crippen LogP contribution >= 0.6 is 12.6 Å². The van der Waals surface area contributed by atoms with Crippen LogP contribution in [-0.2, 0) is 0 Å². The molecule has 2 aromatic carbocycles. The molecule has 15 heavy (non-hydrogen) atoms. The second-order valence-corrected chi connectivity index (χ2v) is 4.05. The van der Waals surface area contributed by atoms with Gasteiger partial charge in [0, 0.05) is 10.6 Å². The van der Waals surface area contributed by atoms with Gasteiger partial charge in [0.25, 0.3) is 0 Å². The van der Waals surface area contributed by atoms with E-state index in [2.05, 4.69) is 25.6 Å². The number of nitrogens with two attached hydrogens (primary N) is 1. The van der Waals surface area contributed by atoms with E-state index >= 15 is 0 Å². The Kier molecular flexibility index (Phi) is 2.69. The molecule has 0 aliphatic carbocycles. The molecule has 2 heteroatoms. The van der Waals surface area contributed by atoms with Crippen molar-refractivity contribution >= 4 is 18.3 Å². The lowest BCUT2D eigenvalue weighted by atomic mass is 10.0. The van der Waals surface area contributed by atoms with Gasteiger partial charge >= 0.3 is 0 Å². The third-order valence-electron chi connectivity index (χ3n) is 2.53. The van der Waals surface area contributed by atoms with Crippen molar-refractivity contribution in [3.8, 4) is 11.1 Å². The normalized spacial score (nSPS) is 10.3. The van der Waals surface area contributed by atoms with Crippen LogP contribution in [0.25, 0.3) is 11.1 Å². The SMILES string of the molecule is Cc1c(S)cccc1-c1ccc(N)cc1. The highest BCUT2D eigenvalue weighted by Gasteiger charge is 2.03. The molecule has 2 rings (SSSR count). The fourth-order valence-corrected chi connectivity index (χ4v) is 1.81. The Morgan fingerprint density at radius 1 is 1.00 bits per heavy atom. The van der Waals surface area contributed by atoms with Gasteiger partial charge in [-0.05, 0) is 41.8 Å². The van der Waals surface area contributed by atoms with Crippen LogP contribution in [0.4, 0.5) is 5.69 Å². The predicted molar refractivity (Wildman–Crippen MR) is 68.3 cm³/mol. The maximum Gasteiger partial charge on any atom is 0.0314 e. The summed E-state index contributed by atoms with van der Waals surface area (Å²) < 4.78 is 0. The van der Waals surface area contributed by atoms with Crippen molar-refractivity contribution in [3.05, 3.63) is 48.0 Å². The lowest BCUT2D eigenvalue weighted by molar-refractivity contribution is 1.31. The van der Waals surface area contributed by atoms with E-state index in [0.29, 0.717) is 0 Å². The zero-order valence-electron chi connectivity index (χ0n) is 8.57. The van der Waals surface area contributed by atoms with E-state index in [1.54, 1.807) is 0 Å². The van der Waals surface area contributed by atoms with E-state index in [1.165, 1.54) is 16.7 Å². The van der Waals surface area contributed by atoms with Crippen LogP contribution in [0.5, 0.6) is 0 Å². The number of benzene rings is 2. The molecule has 1 nitrogen and oxygen atoms in total. The van der Waals surface area contributed by atoms with Crippen LogP contribution < -0.4 is 5.73 Å². The number of thiol groups is 1. The van der Waals surface area contributed by atoms with Crippen LogP contribution in [0.2, 0.25) is 0 Å². The Bertz CT molecular complexity index is 474. The van der Waals surface area contributed by atoms with Crippen molar-refractivity contribution in [1.82, 2.24) is 0 Å². The fraction of sp³-hybridized carbons (Fsp3) is 0.0769. The minimum absolute atomic E-state index is 0.790. The van der Waals surface area contributed by atoms with Gasteiger partial charge in [-0.25, -0.2) is 0 Å². The van der Waals surface area contributed by atoms with E-state index in [0.717, 1.165) is 10.6 Å². The Labute approximate surface area is 95.3 Å². The Balaban J connectivity index is 2.54. The first kappa shape index (κ1) is 10.1. The summed E-state index contributed by atoms with van der Waals surface area (Å²) in [4.78, 5) is 1.02. The third kappa shape index (κ3) is 2.00. The van der Waals surface area contributed by atoms with Crippen molar-refractivity contribution in [2.75, 3.05) is 5.73 Å². The van der Waals surface area contributed by atoms with Gasteiger partial charge in [0.1, 0.15) is 0 Å². The van der Waals surface area contributed by atoms with Crippen molar-refractivity contribution in [1.29, 1.82) is 0 Å². The summed E-state index contributed by atoms with van der Waals surface area (Å²) >= 11 is 4.41. The van der Waals surface area contributed by atoms with Crippen LogP contribution in [0, 0.1) is 6.92 Å². The molecule has 0 saturated heterocycles. The summed E-state index contributed by atoms with van der Waals surface area (Å²) in [5, 5.41) is 0. The third-order valence-corrected chi connectivity index (χ3v) is 3.01. The molecular formula is C13H13NS. The van der Waals surface area contributed by atoms with Gasteiger partial charge in [0.15, 0.2) is 0 Å². The molecule has 2 N–H and O–H groups in total. The molecule has 0 bridgehead atoms. The number of rotatable bonds is 1. The second-order valence-electron chi connectivity index (χ2n) is 3.57. The lowest BCUT2D eigenvalue weighted by Gasteiger charge is -2.08. The maximum atomic E-state index is 5.66. The van der Waals surface area contributed by atoms with Gasteiger partial charge in [-0.2, -0.15) is 0 Å². The van der Waals surface area contributed by atoms with Gasteiger partial charge in [0.2, 0.25) is 0 Å². The number of hydrogen-bond donors (Lipinski definition) is 2. The van der Waals surface area contributed by atoms with E-state index < -0.39 is 0 Å². The first-order chi connectivity index (χ1) is 7.18. The zero-order chi connectivity index (χ0) is 10.8. The summed E-state index contributed by atoms with van der Waals surface area (Å²) in [5.74, 6) is 0. The first-order valence-corrected chi connectivity index (χ1v) is 5.27. The van der Waals surface area contributed by atoms with Gasteiger partial charge in [-0.1, -0.05) is 24.3 Å². The molecular weight excluding hydrogens is 202 g/mol. The standard InChI is InChI=1S/C13H13NS/c1-9-12(3-2-4-13(9)15)10-5-7-11(14)8-6-10/h2-8,15H,14H2,1H3. The molecule has 2 aromatic rings. The first-order valence-electron chi connectivity index (χ1n) is 4.83. The molecule has 0 unspecified atom stereocenters. The zero-order valence-corrected chi connectivity index (χ0v) is 9.46. The number of hydrogen-bond acceptors (Lipinski definition) is 2. The minimum Gasteiger partial charge on any atom is -0.399 e. The molecule has 0 aliphatic rings. The van der Waals surface area contributed by atoms with Crippen LogP contribution in [0.1, 0.15) is 5.56 Å². The predicted octanol–water partition coefficient (Wildman–Crippen LogP) is 3.53. The summed E-state index contributed by atoms with van der Waals surface area (Å²) in [7, 11) is 0. The van der Waals surface area contributed by atoms with E-state index in [4.69, 9.17) is 5.73 Å². The van der Waals surface area contributed by atoms with Crippen LogP contribution in [0.15, 0.2) is 47.4 Å². The highest BCUT2D eigenvalue weighted by molar-refractivity contribution is 7.80. The summed E-state index contributed by atoms with van der Waals surface area (Å²) in [6.07, 6.45) is 0. The molecule has 0 fully saturated rings. The Morgan fingerprint density at radius 2 is 1.67 bits per heavy atom. The Hall–Kier alpha value is -1.41. The van der Waals surface area contributed by atoms with E-state index in [1.807, 2.05) is 36.4 Å². The molecule has 76 valence electrons. The second kappa shape index (κ2) is 3.99. The monoisotopic (exact) mass is 215 g/mol. The van der Waals surface area contributed by atoms with Crippen LogP contribution in [-0.4, -0.2) is 0 Å². The van der Waals surface area contributed by atoms with Gasteiger partial charge in [0.05, 0.1) is 0 Å².